The van der Waals surface area contributed by atoms with Crippen LogP contribution in [-0.2, 0) is 12.7 Å². The molecule has 13 heteroatoms. The molecule has 0 unspecified atom stereocenters. The summed E-state index contributed by atoms with van der Waals surface area (Å²) in [6.45, 7) is 3.81. The topological polar surface area (TPSA) is 109 Å². The fourth-order valence-corrected chi connectivity index (χ4v) is 5.22. The Morgan fingerprint density at radius 1 is 1.17 bits per heavy atom. The van der Waals surface area contributed by atoms with E-state index in [-0.39, 0.29) is 40.9 Å². The van der Waals surface area contributed by atoms with Gasteiger partial charge in [0.1, 0.15) is 17.1 Å². The molecule has 0 radical (unpaired) electrons. The number of alkyl halides is 3. The van der Waals surface area contributed by atoms with Crippen LogP contribution >= 0.6 is 0 Å². The number of fused-ring (bicyclic) bond motifs is 1. The zero-order valence-corrected chi connectivity index (χ0v) is 23.6. The van der Waals surface area contributed by atoms with Gasteiger partial charge in [0.2, 0.25) is 11.8 Å². The van der Waals surface area contributed by atoms with Crippen molar-refractivity contribution in [2.75, 3.05) is 39.6 Å². The Kier molecular flexibility index (Phi) is 7.95. The van der Waals surface area contributed by atoms with E-state index < -0.39 is 17.6 Å². The first kappa shape index (κ1) is 29.1. The molecule has 2 amide bonds. The van der Waals surface area contributed by atoms with E-state index in [0.29, 0.717) is 35.1 Å². The lowest BCUT2D eigenvalue weighted by molar-refractivity contribution is -0.139. The lowest BCUT2D eigenvalue weighted by atomic mass is 10.0. The third kappa shape index (κ3) is 5.96. The van der Waals surface area contributed by atoms with Crippen molar-refractivity contribution in [1.82, 2.24) is 25.1 Å². The van der Waals surface area contributed by atoms with Crippen LogP contribution in [0.5, 0.6) is 17.4 Å². The number of nitrogens with zero attached hydrogens (tertiary/aromatic N) is 4. The maximum Gasteiger partial charge on any atom is 0.423 e. The van der Waals surface area contributed by atoms with Gasteiger partial charge in [0.25, 0.3) is 11.8 Å². The minimum absolute atomic E-state index is 0.0277. The van der Waals surface area contributed by atoms with Gasteiger partial charge in [-0.1, -0.05) is 12.1 Å². The highest BCUT2D eigenvalue weighted by atomic mass is 19.4. The number of likely N-dealkylation sites (tertiary alicyclic amines) is 1. The Balaban J connectivity index is 1.43. The van der Waals surface area contributed by atoms with E-state index in [2.05, 4.69) is 25.5 Å². The molecule has 1 aromatic heterocycles. The zero-order chi connectivity index (χ0) is 30.2. The fourth-order valence-electron chi connectivity index (χ4n) is 5.22. The Labute approximate surface area is 240 Å². The van der Waals surface area contributed by atoms with Crippen LogP contribution in [0.1, 0.15) is 50.2 Å². The number of nitrogens with one attached hydrogen (secondary N) is 2. The quantitative estimate of drug-likeness (QED) is 0.410. The first-order valence-electron chi connectivity index (χ1n) is 13.4. The Morgan fingerprint density at radius 2 is 1.95 bits per heavy atom. The van der Waals surface area contributed by atoms with Gasteiger partial charge in [0.05, 0.1) is 18.4 Å². The second-order valence-corrected chi connectivity index (χ2v) is 10.5. The maximum atomic E-state index is 13.9. The lowest BCUT2D eigenvalue weighted by Crippen LogP contribution is -2.46. The average Bonchev–Trinajstić information content (AvgIpc) is 3.22. The van der Waals surface area contributed by atoms with Crippen molar-refractivity contribution in [3.63, 3.8) is 0 Å². The third-order valence-electron chi connectivity index (χ3n) is 7.34. The number of anilines is 2. The van der Waals surface area contributed by atoms with Crippen LogP contribution in [0.15, 0.2) is 36.5 Å². The molecule has 10 nitrogen and oxygen atoms in total. The molecule has 0 bridgehead atoms. The molecule has 3 aromatic rings. The smallest absolute Gasteiger partial charge is 0.423 e. The van der Waals surface area contributed by atoms with Crippen molar-refractivity contribution in [1.29, 1.82) is 0 Å². The van der Waals surface area contributed by atoms with Crippen LogP contribution in [0.3, 0.4) is 0 Å². The number of carbonyl (C=O) groups excluding carboxylic acids is 2. The molecule has 2 aliphatic rings. The number of piperidine rings is 1. The fraction of sp³-hybridized carbons (Fsp3) is 0.379. The molecule has 2 aliphatic heterocycles. The summed E-state index contributed by atoms with van der Waals surface area (Å²) in [4.78, 5) is 37.2. The molecular weight excluding hydrogens is 553 g/mol. The monoisotopic (exact) mass is 584 g/mol. The SMILES string of the molecule is COc1cc(C(=O)N[C@H]2CCCN(C)C2)c(C)cc1Nc1ncc(C(F)(F)F)c(Oc2cccc3c2C(=O)N(C)C3)n1. The van der Waals surface area contributed by atoms with Crippen molar-refractivity contribution in [2.24, 2.45) is 0 Å². The van der Waals surface area contributed by atoms with Crippen LogP contribution in [0.4, 0.5) is 24.8 Å². The molecule has 3 heterocycles. The molecule has 0 spiro atoms. The number of aryl methyl sites for hydroxylation is 1. The van der Waals surface area contributed by atoms with Crippen molar-refractivity contribution in [3.05, 3.63) is 64.3 Å². The normalized spacial score (nSPS) is 17.2. The van der Waals surface area contributed by atoms with E-state index in [1.54, 1.807) is 38.2 Å². The van der Waals surface area contributed by atoms with Gasteiger partial charge in [-0.2, -0.15) is 18.2 Å². The summed E-state index contributed by atoms with van der Waals surface area (Å²) >= 11 is 0. The maximum absolute atomic E-state index is 13.9. The summed E-state index contributed by atoms with van der Waals surface area (Å²) in [5.41, 5.74) is 0.995. The number of carbonyl (C=O) groups is 2. The van der Waals surface area contributed by atoms with Crippen molar-refractivity contribution in [2.45, 2.75) is 38.5 Å². The molecule has 1 atom stereocenters. The van der Waals surface area contributed by atoms with Crippen LogP contribution < -0.4 is 20.1 Å². The number of benzene rings is 2. The molecule has 42 heavy (non-hydrogen) atoms. The number of hydrogen-bond donors (Lipinski definition) is 2. The average molecular weight is 585 g/mol. The number of methoxy groups -OCH3 is 1. The molecule has 5 rings (SSSR count). The summed E-state index contributed by atoms with van der Waals surface area (Å²) in [6.07, 6.45) is -2.32. The second kappa shape index (κ2) is 11.5. The Hall–Kier alpha value is -4.39. The highest BCUT2D eigenvalue weighted by Gasteiger charge is 2.37. The van der Waals surface area contributed by atoms with E-state index in [9.17, 15) is 22.8 Å². The first-order valence-corrected chi connectivity index (χ1v) is 13.4. The van der Waals surface area contributed by atoms with Gasteiger partial charge in [-0.15, -0.1) is 0 Å². The van der Waals surface area contributed by atoms with E-state index in [0.717, 1.165) is 25.9 Å². The predicted molar refractivity (Wildman–Crippen MR) is 148 cm³/mol. The molecule has 222 valence electrons. The van der Waals surface area contributed by atoms with Gasteiger partial charge in [-0.3, -0.25) is 9.59 Å². The number of hydrogen-bond acceptors (Lipinski definition) is 8. The summed E-state index contributed by atoms with van der Waals surface area (Å²) in [5, 5.41) is 5.95. The van der Waals surface area contributed by atoms with Gasteiger partial charge in [0.15, 0.2) is 0 Å². The second-order valence-electron chi connectivity index (χ2n) is 10.5. The predicted octanol–water partition coefficient (Wildman–Crippen LogP) is 4.76. The van der Waals surface area contributed by atoms with Crippen molar-refractivity contribution >= 4 is 23.5 Å². The van der Waals surface area contributed by atoms with E-state index in [1.807, 2.05) is 7.05 Å². The summed E-state index contributed by atoms with van der Waals surface area (Å²) < 4.78 is 52.8. The number of aromatic nitrogens is 2. The molecule has 2 N–H and O–H groups in total. The van der Waals surface area contributed by atoms with Crippen molar-refractivity contribution < 1.29 is 32.2 Å². The minimum atomic E-state index is -4.82. The number of ether oxygens (including phenoxy) is 2. The standard InChI is InChI=1S/C29H31F3N6O4/c1-16-11-21(23(41-4)12-19(16)25(39)34-18-8-6-10-37(2)15-18)35-28-33-13-20(29(30,31)32)26(36-28)42-22-9-5-7-17-14-38(3)27(40)24(17)22/h5,7,9,11-13,18H,6,8,10,14-15H2,1-4H3,(H,34,39)(H,33,35,36)/t18-/m0/s1. The van der Waals surface area contributed by atoms with Crippen LogP contribution in [0.2, 0.25) is 0 Å². The minimum Gasteiger partial charge on any atom is -0.495 e. The van der Waals surface area contributed by atoms with Crippen LogP contribution in [0.25, 0.3) is 0 Å². The number of rotatable bonds is 7. The molecule has 1 saturated heterocycles. The van der Waals surface area contributed by atoms with E-state index in [1.165, 1.54) is 18.1 Å². The van der Waals surface area contributed by atoms with Crippen molar-refractivity contribution in [3.8, 4) is 17.4 Å². The zero-order valence-electron chi connectivity index (χ0n) is 23.6. The lowest BCUT2D eigenvalue weighted by Gasteiger charge is -2.30. The van der Waals surface area contributed by atoms with Gasteiger partial charge < -0.3 is 29.9 Å². The van der Waals surface area contributed by atoms with E-state index >= 15 is 0 Å². The van der Waals surface area contributed by atoms with Crippen LogP contribution in [0, 0.1) is 6.92 Å². The summed E-state index contributed by atoms with van der Waals surface area (Å²) in [5.74, 6) is -1.33. The largest absolute Gasteiger partial charge is 0.495 e. The summed E-state index contributed by atoms with van der Waals surface area (Å²) in [7, 11) is 5.02. The van der Waals surface area contributed by atoms with Crippen LogP contribution in [-0.4, -0.2) is 71.9 Å². The third-order valence-corrected chi connectivity index (χ3v) is 7.34. The Morgan fingerprint density at radius 3 is 2.67 bits per heavy atom. The molecule has 1 fully saturated rings. The Bertz CT molecular complexity index is 1530. The molecular formula is C29H31F3N6O4. The first-order chi connectivity index (χ1) is 19.9. The van der Waals surface area contributed by atoms with Gasteiger partial charge >= 0.3 is 6.18 Å². The molecule has 0 aliphatic carbocycles. The van der Waals surface area contributed by atoms with Gasteiger partial charge in [-0.25, -0.2) is 4.98 Å². The molecule has 2 aromatic carbocycles. The van der Waals surface area contributed by atoms with Gasteiger partial charge in [-0.05, 0) is 62.7 Å². The highest BCUT2D eigenvalue weighted by molar-refractivity contribution is 6.01. The van der Waals surface area contributed by atoms with Gasteiger partial charge in [0, 0.05) is 37.9 Å². The summed E-state index contributed by atoms with van der Waals surface area (Å²) in [6, 6.07) is 7.98. The number of likely N-dealkylation sites (N-methyl/N-ethyl adjacent to an activating group) is 1. The van der Waals surface area contributed by atoms with E-state index in [4.69, 9.17) is 9.47 Å². The molecule has 0 saturated carbocycles. The number of halogens is 3. The number of amides is 2. The highest BCUT2D eigenvalue weighted by Crippen LogP contribution is 2.40.